The average Bonchev–Trinajstić information content (AvgIpc) is 2.05. The van der Waals surface area contributed by atoms with Crippen molar-refractivity contribution < 1.29 is 14.4 Å². The van der Waals surface area contributed by atoms with Gasteiger partial charge in [0, 0.05) is 4.57 Å². The third-order valence-electron chi connectivity index (χ3n) is 1.04. The van der Waals surface area contributed by atoms with Crippen molar-refractivity contribution in [1.29, 1.82) is 0 Å². The normalized spacial score (nSPS) is 5.88. The lowest BCUT2D eigenvalue weighted by Crippen LogP contribution is -1.63. The summed E-state index contributed by atoms with van der Waals surface area (Å²) in [5.41, 5.74) is 1.17. The second-order valence-corrected chi connectivity index (χ2v) is 2.37. The van der Waals surface area contributed by atoms with E-state index in [1.807, 2.05) is 36.4 Å². The molecule has 1 rings (SSSR count). The van der Waals surface area contributed by atoms with Crippen molar-refractivity contribution >= 4 is 64.0 Å². The Morgan fingerprint density at radius 3 is 1.50 bits per heavy atom. The predicted octanol–water partition coefficient (Wildman–Crippen LogP) is 3.65. The SMILES string of the molecule is C=Cc1ccccc1.Cl.Cl.Cl.Cl.O=[P+](O)O. The lowest BCUT2D eigenvalue weighted by Gasteiger charge is -1.85. The average molecular weight is 331 g/mol. The minimum atomic E-state index is -2.87. The van der Waals surface area contributed by atoms with Crippen LogP contribution in [0.2, 0.25) is 0 Å². The van der Waals surface area contributed by atoms with E-state index in [1.54, 1.807) is 0 Å². The number of hydrogen-bond acceptors (Lipinski definition) is 1. The van der Waals surface area contributed by atoms with E-state index >= 15 is 0 Å². The zero-order valence-electron chi connectivity index (χ0n) is 8.05. The van der Waals surface area contributed by atoms with Crippen LogP contribution in [0, 0.1) is 0 Å². The third kappa shape index (κ3) is 23.7. The van der Waals surface area contributed by atoms with Gasteiger partial charge in [0.1, 0.15) is 0 Å². The molecule has 0 bridgehead atoms. The van der Waals surface area contributed by atoms with Crippen LogP contribution in [0.3, 0.4) is 0 Å². The molecule has 0 saturated carbocycles. The molecular weight excluding hydrogens is 317 g/mol. The van der Waals surface area contributed by atoms with Gasteiger partial charge < -0.3 is 0 Å². The summed E-state index contributed by atoms with van der Waals surface area (Å²) < 4.78 is 8.70. The molecule has 0 amide bonds. The monoisotopic (exact) mass is 329 g/mol. The molecule has 0 heterocycles. The maximum absolute atomic E-state index is 8.70. The van der Waals surface area contributed by atoms with Crippen LogP contribution in [0.5, 0.6) is 0 Å². The van der Waals surface area contributed by atoms with Gasteiger partial charge in [0.25, 0.3) is 0 Å². The molecule has 0 aliphatic heterocycles. The fourth-order valence-corrected chi connectivity index (χ4v) is 0.589. The van der Waals surface area contributed by atoms with Gasteiger partial charge in [0.05, 0.1) is 0 Å². The molecule has 0 atom stereocenters. The Kier molecular flexibility index (Phi) is 38.3. The van der Waals surface area contributed by atoms with Gasteiger partial charge >= 0.3 is 8.25 Å². The molecule has 8 heteroatoms. The van der Waals surface area contributed by atoms with Crippen LogP contribution < -0.4 is 0 Å². The van der Waals surface area contributed by atoms with Crippen molar-refractivity contribution in [3.05, 3.63) is 42.5 Å². The largest absolute Gasteiger partial charge is 0.692 e. The molecule has 0 radical (unpaired) electrons. The summed E-state index contributed by atoms with van der Waals surface area (Å²) in [6.45, 7) is 3.63. The van der Waals surface area contributed by atoms with Crippen molar-refractivity contribution in [2.24, 2.45) is 0 Å². The van der Waals surface area contributed by atoms with E-state index in [2.05, 4.69) is 6.58 Å². The van der Waals surface area contributed by atoms with Gasteiger partial charge in [0.2, 0.25) is 0 Å². The molecule has 0 spiro atoms. The molecule has 3 nitrogen and oxygen atoms in total. The first-order valence-electron chi connectivity index (χ1n) is 3.19. The maximum Gasteiger partial charge on any atom is 0.692 e. The first-order chi connectivity index (χ1) is 5.66. The lowest BCUT2D eigenvalue weighted by atomic mass is 10.2. The summed E-state index contributed by atoms with van der Waals surface area (Å²) in [4.78, 5) is 14.2. The Morgan fingerprint density at radius 2 is 1.31 bits per heavy atom. The molecule has 1 aromatic carbocycles. The van der Waals surface area contributed by atoms with E-state index in [-0.39, 0.29) is 49.6 Å². The summed E-state index contributed by atoms with van der Waals surface area (Å²) in [5, 5.41) is 0. The molecule has 0 aliphatic rings. The van der Waals surface area contributed by atoms with Crippen LogP contribution in [0.4, 0.5) is 0 Å². The minimum absolute atomic E-state index is 0. The Balaban J connectivity index is -0.0000000458. The molecule has 0 aliphatic carbocycles. The summed E-state index contributed by atoms with van der Waals surface area (Å²) in [7, 11) is -2.87. The highest BCUT2D eigenvalue weighted by Gasteiger charge is 1.93. The summed E-state index contributed by atoms with van der Waals surface area (Å²) in [6.07, 6.45) is 1.83. The first-order valence-corrected chi connectivity index (χ1v) is 4.36. The molecule has 1 aromatic rings. The van der Waals surface area contributed by atoms with E-state index in [0.29, 0.717) is 0 Å². The second kappa shape index (κ2) is 20.5. The standard InChI is InChI=1S/C8H8.4ClH.HO3P/c1-2-8-6-4-3-5-7-8;;;;;1-4(2)3/h2-7H,1H2;4*1H;(H-,1,2,3)/p+1. The van der Waals surface area contributed by atoms with Crippen LogP contribution in [0.15, 0.2) is 36.9 Å². The number of benzene rings is 1. The molecule has 0 saturated heterocycles. The van der Waals surface area contributed by atoms with Gasteiger partial charge in [-0.25, -0.2) is 0 Å². The third-order valence-corrected chi connectivity index (χ3v) is 1.04. The second-order valence-electron chi connectivity index (χ2n) is 1.87. The zero-order chi connectivity index (χ0) is 9.40. The molecule has 0 aromatic heterocycles. The molecule has 0 unspecified atom stereocenters. The predicted molar refractivity (Wildman–Crippen MR) is 77.6 cm³/mol. The van der Waals surface area contributed by atoms with Gasteiger partial charge in [-0.1, -0.05) is 43.0 Å². The highest BCUT2D eigenvalue weighted by Crippen LogP contribution is 1.98. The van der Waals surface area contributed by atoms with Crippen molar-refractivity contribution in [2.75, 3.05) is 0 Å². The Bertz CT molecular complexity index is 255. The van der Waals surface area contributed by atoms with Crippen molar-refractivity contribution in [2.45, 2.75) is 0 Å². The van der Waals surface area contributed by atoms with Crippen LogP contribution in [0.1, 0.15) is 5.56 Å². The Labute approximate surface area is 121 Å². The molecule has 96 valence electrons. The van der Waals surface area contributed by atoms with Gasteiger partial charge in [-0.15, -0.1) is 59.4 Å². The zero-order valence-corrected chi connectivity index (χ0v) is 12.2. The van der Waals surface area contributed by atoms with Crippen LogP contribution in [-0.4, -0.2) is 9.79 Å². The fraction of sp³-hybridized carbons (Fsp3) is 0. The van der Waals surface area contributed by atoms with Gasteiger partial charge in [-0.3, -0.25) is 0 Å². The van der Waals surface area contributed by atoms with Crippen LogP contribution in [0.25, 0.3) is 6.08 Å². The Hall–Kier alpha value is 0.140. The fourth-order valence-electron chi connectivity index (χ4n) is 0.589. The number of rotatable bonds is 1. The van der Waals surface area contributed by atoms with E-state index < -0.39 is 8.25 Å². The van der Waals surface area contributed by atoms with E-state index in [0.717, 1.165) is 0 Å². The molecule has 2 N–H and O–H groups in total. The number of hydrogen-bond donors (Lipinski definition) is 2. The highest BCUT2D eigenvalue weighted by atomic mass is 35.5. The highest BCUT2D eigenvalue weighted by molar-refractivity contribution is 7.30. The molecule has 0 fully saturated rings. The van der Waals surface area contributed by atoms with E-state index in [4.69, 9.17) is 14.4 Å². The molecule has 16 heavy (non-hydrogen) atoms. The smallest absolute Gasteiger partial charge is 0.147 e. The summed E-state index contributed by atoms with van der Waals surface area (Å²) in [6, 6.07) is 10.0. The minimum Gasteiger partial charge on any atom is -0.147 e. The quantitative estimate of drug-likeness (QED) is 0.773. The summed E-state index contributed by atoms with van der Waals surface area (Å²) >= 11 is 0. The van der Waals surface area contributed by atoms with Crippen molar-refractivity contribution in [1.82, 2.24) is 0 Å². The van der Waals surface area contributed by atoms with E-state index in [9.17, 15) is 0 Å². The van der Waals surface area contributed by atoms with Crippen molar-refractivity contribution in [3.8, 4) is 0 Å². The number of halogens is 4. The van der Waals surface area contributed by atoms with Gasteiger partial charge in [0.15, 0.2) is 0 Å². The Morgan fingerprint density at radius 1 is 1.00 bits per heavy atom. The van der Waals surface area contributed by atoms with E-state index in [1.165, 1.54) is 5.56 Å². The van der Waals surface area contributed by atoms with Gasteiger partial charge in [-0.2, -0.15) is 0 Å². The van der Waals surface area contributed by atoms with Crippen LogP contribution >= 0.6 is 57.9 Å². The summed E-state index contributed by atoms with van der Waals surface area (Å²) in [5.74, 6) is 0. The maximum atomic E-state index is 8.70. The lowest BCUT2D eigenvalue weighted by molar-refractivity contribution is 0.405. The van der Waals surface area contributed by atoms with Gasteiger partial charge in [-0.05, 0) is 5.56 Å². The topological polar surface area (TPSA) is 57.5 Å². The molecular formula is C8H14Cl4O3P+. The first kappa shape index (κ1) is 29.8. The van der Waals surface area contributed by atoms with Crippen LogP contribution in [-0.2, 0) is 4.57 Å². The van der Waals surface area contributed by atoms with Crippen molar-refractivity contribution in [3.63, 3.8) is 0 Å².